The molecule has 3 rings (SSSR count). The Morgan fingerprint density at radius 3 is 3.00 bits per heavy atom. The Balaban J connectivity index is 1.45. The molecule has 1 aliphatic rings. The van der Waals surface area contributed by atoms with Gasteiger partial charge in [0.05, 0.1) is 18.0 Å². The van der Waals surface area contributed by atoms with Crippen LogP contribution in [0.2, 0.25) is 0 Å². The van der Waals surface area contributed by atoms with Crippen LogP contribution >= 0.6 is 0 Å². The fraction of sp³-hybridized carbons (Fsp3) is 0.375. The number of imidazole rings is 1. The van der Waals surface area contributed by atoms with Gasteiger partial charge in [0.2, 0.25) is 5.91 Å². The molecule has 0 atom stereocenters. The second-order valence-corrected chi connectivity index (χ2v) is 5.43. The molecule has 1 N–H and O–H groups in total. The van der Waals surface area contributed by atoms with Crippen LogP contribution < -0.4 is 5.32 Å². The Bertz CT molecular complexity index is 749. The van der Waals surface area contributed by atoms with Crippen LogP contribution in [0.4, 0.5) is 0 Å². The maximum Gasteiger partial charge on any atom is 0.220 e. The highest BCUT2D eigenvalue weighted by molar-refractivity contribution is 5.76. The van der Waals surface area contributed by atoms with Gasteiger partial charge in [0.1, 0.15) is 0 Å². The standard InChI is InChI=1S/C16H17N5O/c1-2-3-7-16(19-20-16)8-6-15(22)18-9-13-4-5-14-10-17-12-21(14)11-13/h1,4-5,10-12H,3,6-9H2,(H,18,22). The topological polar surface area (TPSA) is 71.1 Å². The van der Waals surface area contributed by atoms with E-state index in [2.05, 4.69) is 26.4 Å². The van der Waals surface area contributed by atoms with Crippen molar-refractivity contribution < 1.29 is 4.79 Å². The molecule has 6 heteroatoms. The van der Waals surface area contributed by atoms with Crippen LogP contribution in [0.15, 0.2) is 41.1 Å². The van der Waals surface area contributed by atoms with Gasteiger partial charge in [-0.05, 0) is 11.6 Å². The van der Waals surface area contributed by atoms with Gasteiger partial charge < -0.3 is 9.72 Å². The molecule has 0 aliphatic carbocycles. The van der Waals surface area contributed by atoms with E-state index in [4.69, 9.17) is 6.42 Å². The first-order valence-corrected chi connectivity index (χ1v) is 7.26. The van der Waals surface area contributed by atoms with Crippen LogP contribution in [0.5, 0.6) is 0 Å². The molecule has 0 saturated heterocycles. The number of fused-ring (bicyclic) bond motifs is 1. The molecule has 112 valence electrons. The van der Waals surface area contributed by atoms with Crippen molar-refractivity contribution in [2.75, 3.05) is 0 Å². The van der Waals surface area contributed by atoms with E-state index < -0.39 is 0 Å². The SMILES string of the molecule is C#CCCC1(CCC(=O)NCc2ccc3cncn3c2)N=N1. The van der Waals surface area contributed by atoms with E-state index in [9.17, 15) is 4.79 Å². The first-order valence-electron chi connectivity index (χ1n) is 7.26. The molecule has 0 saturated carbocycles. The summed E-state index contributed by atoms with van der Waals surface area (Å²) in [5, 5.41) is 11.0. The zero-order chi connectivity index (χ0) is 15.4. The fourth-order valence-corrected chi connectivity index (χ4v) is 2.34. The van der Waals surface area contributed by atoms with E-state index >= 15 is 0 Å². The molecule has 2 aromatic heterocycles. The number of terminal acetylenes is 1. The largest absolute Gasteiger partial charge is 0.352 e. The number of nitrogens with zero attached hydrogens (tertiary/aromatic N) is 4. The summed E-state index contributed by atoms with van der Waals surface area (Å²) >= 11 is 0. The Labute approximate surface area is 128 Å². The number of hydrogen-bond acceptors (Lipinski definition) is 4. The van der Waals surface area contributed by atoms with Gasteiger partial charge in [-0.2, -0.15) is 10.2 Å². The van der Waals surface area contributed by atoms with E-state index in [1.807, 2.05) is 22.7 Å². The molecular formula is C16H17N5O. The second-order valence-electron chi connectivity index (χ2n) is 5.43. The highest BCUT2D eigenvalue weighted by Crippen LogP contribution is 2.37. The smallest absolute Gasteiger partial charge is 0.220 e. The first-order chi connectivity index (χ1) is 10.7. The van der Waals surface area contributed by atoms with E-state index in [0.717, 1.165) is 17.5 Å². The number of amides is 1. The van der Waals surface area contributed by atoms with Gasteiger partial charge in [-0.15, -0.1) is 12.3 Å². The maximum absolute atomic E-state index is 11.9. The molecule has 0 bridgehead atoms. The highest BCUT2D eigenvalue weighted by atomic mass is 16.1. The van der Waals surface area contributed by atoms with Crippen molar-refractivity contribution in [3.05, 3.63) is 36.4 Å². The van der Waals surface area contributed by atoms with Crippen molar-refractivity contribution in [1.29, 1.82) is 0 Å². The first kappa shape index (κ1) is 14.3. The third kappa shape index (κ3) is 3.31. The lowest BCUT2D eigenvalue weighted by molar-refractivity contribution is -0.121. The number of carbonyl (C=O) groups is 1. The molecule has 2 aromatic rings. The molecule has 0 fully saturated rings. The lowest BCUT2D eigenvalue weighted by Gasteiger charge is -2.09. The number of rotatable bonds is 7. The zero-order valence-corrected chi connectivity index (χ0v) is 12.2. The second kappa shape index (κ2) is 5.98. The van der Waals surface area contributed by atoms with E-state index in [0.29, 0.717) is 25.8 Å². The van der Waals surface area contributed by atoms with E-state index in [1.165, 1.54) is 0 Å². The number of nitrogens with one attached hydrogen (secondary N) is 1. The van der Waals surface area contributed by atoms with Gasteiger partial charge in [-0.3, -0.25) is 4.79 Å². The average Bonchev–Trinajstić information content (AvgIpc) is 3.16. The van der Waals surface area contributed by atoms with Gasteiger partial charge >= 0.3 is 0 Å². The molecular weight excluding hydrogens is 278 g/mol. The third-order valence-corrected chi connectivity index (χ3v) is 3.76. The number of pyridine rings is 1. The summed E-state index contributed by atoms with van der Waals surface area (Å²) in [6, 6.07) is 3.96. The van der Waals surface area contributed by atoms with Gasteiger partial charge in [-0.25, -0.2) is 4.98 Å². The summed E-state index contributed by atoms with van der Waals surface area (Å²) in [4.78, 5) is 16.0. The van der Waals surface area contributed by atoms with Crippen LogP contribution in [0.1, 0.15) is 31.2 Å². The molecule has 1 amide bonds. The van der Waals surface area contributed by atoms with Crippen molar-refractivity contribution in [1.82, 2.24) is 14.7 Å². The fourth-order valence-electron chi connectivity index (χ4n) is 2.34. The Hall–Kier alpha value is -2.68. The van der Waals surface area contributed by atoms with Gasteiger partial charge in [-0.1, -0.05) is 6.07 Å². The van der Waals surface area contributed by atoms with Crippen molar-refractivity contribution in [3.8, 4) is 12.3 Å². The highest BCUT2D eigenvalue weighted by Gasteiger charge is 2.39. The summed E-state index contributed by atoms with van der Waals surface area (Å²) in [5.41, 5.74) is 1.67. The number of carbonyl (C=O) groups excluding carboxylic acids is 1. The molecule has 0 radical (unpaired) electrons. The van der Waals surface area contributed by atoms with E-state index in [1.54, 1.807) is 12.5 Å². The number of hydrogen-bond donors (Lipinski definition) is 1. The molecule has 0 spiro atoms. The molecule has 0 unspecified atom stereocenters. The Kier molecular flexibility index (Phi) is 3.88. The van der Waals surface area contributed by atoms with Gasteiger partial charge in [0.25, 0.3) is 0 Å². The van der Waals surface area contributed by atoms with Crippen molar-refractivity contribution in [3.63, 3.8) is 0 Å². The van der Waals surface area contributed by atoms with Crippen LogP contribution in [-0.2, 0) is 11.3 Å². The monoisotopic (exact) mass is 295 g/mol. The summed E-state index contributed by atoms with van der Waals surface area (Å²) in [6.45, 7) is 0.499. The predicted molar refractivity (Wildman–Crippen MR) is 81.9 cm³/mol. The normalized spacial score (nSPS) is 14.7. The average molecular weight is 295 g/mol. The minimum Gasteiger partial charge on any atom is -0.352 e. The molecule has 22 heavy (non-hydrogen) atoms. The Morgan fingerprint density at radius 1 is 1.36 bits per heavy atom. The summed E-state index contributed by atoms with van der Waals surface area (Å²) < 4.78 is 1.93. The van der Waals surface area contributed by atoms with Crippen LogP contribution in [0.25, 0.3) is 5.52 Å². The van der Waals surface area contributed by atoms with Gasteiger partial charge in [0.15, 0.2) is 5.66 Å². The Morgan fingerprint density at radius 2 is 2.23 bits per heavy atom. The summed E-state index contributed by atoms with van der Waals surface area (Å²) in [7, 11) is 0. The lowest BCUT2D eigenvalue weighted by atomic mass is 10.0. The van der Waals surface area contributed by atoms with Crippen LogP contribution in [0.3, 0.4) is 0 Å². The predicted octanol–water partition coefficient (Wildman–Crippen LogP) is 2.31. The third-order valence-electron chi connectivity index (χ3n) is 3.76. The maximum atomic E-state index is 11.9. The van der Waals surface area contributed by atoms with Gasteiger partial charge in [0, 0.05) is 38.4 Å². The molecule has 6 nitrogen and oxygen atoms in total. The quantitative estimate of drug-likeness (QED) is 0.796. The zero-order valence-electron chi connectivity index (χ0n) is 12.2. The summed E-state index contributed by atoms with van der Waals surface area (Å²) in [6.07, 6.45) is 13.1. The van der Waals surface area contributed by atoms with Crippen LogP contribution in [0, 0.1) is 12.3 Å². The van der Waals surface area contributed by atoms with Crippen molar-refractivity contribution >= 4 is 11.4 Å². The minimum absolute atomic E-state index is 0.00288. The number of aromatic nitrogens is 2. The minimum atomic E-state index is -0.389. The molecule has 0 aromatic carbocycles. The molecule has 3 heterocycles. The van der Waals surface area contributed by atoms with E-state index in [-0.39, 0.29) is 11.6 Å². The summed E-state index contributed by atoms with van der Waals surface area (Å²) in [5.74, 6) is 2.59. The van der Waals surface area contributed by atoms with Crippen LogP contribution in [-0.4, -0.2) is 21.0 Å². The molecule has 1 aliphatic heterocycles. The van der Waals surface area contributed by atoms with Crippen molar-refractivity contribution in [2.24, 2.45) is 10.2 Å². The lowest BCUT2D eigenvalue weighted by Crippen LogP contribution is -2.24. The van der Waals surface area contributed by atoms with Crippen molar-refractivity contribution in [2.45, 2.75) is 37.9 Å².